The number of hydrogen-bond donors (Lipinski definition) is 1. The fourth-order valence-corrected chi connectivity index (χ4v) is 3.77. The summed E-state index contributed by atoms with van der Waals surface area (Å²) in [4.78, 5) is 17.7. The molecular weight excluding hydrogens is 259 g/mol. The van der Waals surface area contributed by atoms with Crippen molar-refractivity contribution in [2.24, 2.45) is 11.8 Å². The van der Waals surface area contributed by atoms with Crippen LogP contribution in [0.25, 0.3) is 0 Å². The highest BCUT2D eigenvalue weighted by Crippen LogP contribution is 2.45. The molecule has 4 nitrogen and oxygen atoms in total. The Labute approximate surface area is 117 Å². The zero-order valence-corrected chi connectivity index (χ0v) is 11.5. The van der Waals surface area contributed by atoms with E-state index in [-0.39, 0.29) is 23.6 Å². The van der Waals surface area contributed by atoms with Gasteiger partial charge in [-0.3, -0.25) is 9.78 Å². The van der Waals surface area contributed by atoms with Crippen LogP contribution in [0.3, 0.4) is 0 Å². The summed E-state index contributed by atoms with van der Waals surface area (Å²) in [5.41, 5.74) is 0.0830. The molecule has 1 amide bonds. The van der Waals surface area contributed by atoms with E-state index < -0.39 is 5.82 Å². The summed E-state index contributed by atoms with van der Waals surface area (Å²) in [6.07, 6.45) is 5.84. The lowest BCUT2D eigenvalue weighted by Gasteiger charge is -2.25. The van der Waals surface area contributed by atoms with Crippen molar-refractivity contribution in [3.05, 3.63) is 29.8 Å². The van der Waals surface area contributed by atoms with Crippen LogP contribution in [0, 0.1) is 17.7 Å². The van der Waals surface area contributed by atoms with E-state index in [0.717, 1.165) is 31.9 Å². The topological polar surface area (TPSA) is 53.4 Å². The minimum absolute atomic E-state index is 0.0830. The molecule has 0 aromatic carbocycles. The largest absolute Gasteiger partial charge is 0.393 e. The maximum atomic E-state index is 13.6. The van der Waals surface area contributed by atoms with E-state index >= 15 is 0 Å². The van der Waals surface area contributed by atoms with Gasteiger partial charge in [-0.05, 0) is 43.6 Å². The molecule has 2 fully saturated rings. The van der Waals surface area contributed by atoms with Gasteiger partial charge in [0.1, 0.15) is 0 Å². The number of aliphatic hydroxyl groups is 1. The van der Waals surface area contributed by atoms with Crippen LogP contribution >= 0.6 is 0 Å². The van der Waals surface area contributed by atoms with Gasteiger partial charge >= 0.3 is 0 Å². The van der Waals surface area contributed by atoms with Gasteiger partial charge in [0.2, 0.25) is 0 Å². The van der Waals surface area contributed by atoms with E-state index in [1.165, 1.54) is 12.3 Å². The van der Waals surface area contributed by atoms with Crippen LogP contribution in [0.5, 0.6) is 0 Å². The van der Waals surface area contributed by atoms with Gasteiger partial charge in [-0.1, -0.05) is 0 Å². The first-order valence-corrected chi connectivity index (χ1v) is 7.11. The number of halogens is 1. The first kappa shape index (κ1) is 13.5. The van der Waals surface area contributed by atoms with Gasteiger partial charge in [0.15, 0.2) is 5.82 Å². The first-order chi connectivity index (χ1) is 9.56. The number of carbonyl (C=O) groups is 1. The molecule has 0 aliphatic heterocycles. The average Bonchev–Trinajstić information content (AvgIpc) is 2.94. The van der Waals surface area contributed by atoms with Crippen molar-refractivity contribution in [3.8, 4) is 0 Å². The third kappa shape index (κ3) is 2.30. The second-order valence-electron chi connectivity index (χ2n) is 6.04. The first-order valence-electron chi connectivity index (χ1n) is 7.11. The molecule has 2 aliphatic rings. The van der Waals surface area contributed by atoms with E-state index in [2.05, 4.69) is 4.98 Å². The van der Waals surface area contributed by atoms with Gasteiger partial charge in [0.05, 0.1) is 17.9 Å². The molecule has 1 aromatic rings. The van der Waals surface area contributed by atoms with Crippen LogP contribution < -0.4 is 0 Å². The summed E-state index contributed by atoms with van der Waals surface area (Å²) in [6, 6.07) is 1.57. The standard InChI is InChI=1S/C15H19FN2O2/c1-18(15(20)13-2-3-17-8-14(13)16)11-4-9-6-12(19)7-10(9)5-11/h2-3,8-12,19H,4-7H2,1H3/t9-,10+,11?,12?. The van der Waals surface area contributed by atoms with Crippen molar-refractivity contribution in [1.29, 1.82) is 0 Å². The molecule has 2 aliphatic carbocycles. The number of aliphatic hydroxyl groups excluding tert-OH is 1. The summed E-state index contributed by atoms with van der Waals surface area (Å²) in [5.74, 6) is 0.161. The number of rotatable bonds is 2. The third-order valence-corrected chi connectivity index (χ3v) is 4.84. The Morgan fingerprint density at radius 1 is 1.35 bits per heavy atom. The summed E-state index contributed by atoms with van der Waals surface area (Å²) in [5, 5.41) is 9.65. The Hall–Kier alpha value is -1.49. The molecule has 4 atom stereocenters. The van der Waals surface area contributed by atoms with E-state index in [1.54, 1.807) is 11.9 Å². The highest BCUT2D eigenvalue weighted by Gasteiger charge is 2.43. The number of pyridine rings is 1. The Bertz CT molecular complexity index is 508. The Morgan fingerprint density at radius 2 is 2.00 bits per heavy atom. The predicted molar refractivity (Wildman–Crippen MR) is 71.5 cm³/mol. The molecule has 1 heterocycles. The van der Waals surface area contributed by atoms with Gasteiger partial charge in [0, 0.05) is 19.3 Å². The van der Waals surface area contributed by atoms with Crippen LogP contribution in [0.15, 0.2) is 18.5 Å². The number of hydrogen-bond acceptors (Lipinski definition) is 3. The predicted octanol–water partition coefficient (Wildman–Crippen LogP) is 1.84. The van der Waals surface area contributed by atoms with Crippen molar-refractivity contribution < 1.29 is 14.3 Å². The van der Waals surface area contributed by atoms with Gasteiger partial charge in [-0.25, -0.2) is 4.39 Å². The summed E-state index contributed by atoms with van der Waals surface area (Å²) < 4.78 is 13.6. The fourth-order valence-electron chi connectivity index (χ4n) is 3.77. The van der Waals surface area contributed by atoms with Crippen molar-refractivity contribution in [2.75, 3.05) is 7.05 Å². The molecule has 2 saturated carbocycles. The van der Waals surface area contributed by atoms with Crippen LogP contribution in [0.1, 0.15) is 36.0 Å². The lowest BCUT2D eigenvalue weighted by molar-refractivity contribution is 0.0717. The molecule has 3 rings (SSSR count). The van der Waals surface area contributed by atoms with Gasteiger partial charge in [0.25, 0.3) is 5.91 Å². The Kier molecular flexibility index (Phi) is 3.46. The van der Waals surface area contributed by atoms with Gasteiger partial charge in [-0.2, -0.15) is 0 Å². The SMILES string of the molecule is CN(C(=O)c1ccncc1F)C1C[C@H]2CC(O)C[C@H]2C1. The second kappa shape index (κ2) is 5.13. The number of aromatic nitrogens is 1. The highest BCUT2D eigenvalue weighted by atomic mass is 19.1. The minimum atomic E-state index is -0.571. The monoisotopic (exact) mass is 278 g/mol. The quantitative estimate of drug-likeness (QED) is 0.898. The molecule has 0 spiro atoms. The van der Waals surface area contributed by atoms with Crippen LogP contribution in [0.4, 0.5) is 4.39 Å². The lowest BCUT2D eigenvalue weighted by Crippen LogP contribution is -2.36. The Balaban J connectivity index is 1.70. The molecule has 1 aromatic heterocycles. The molecule has 1 N–H and O–H groups in total. The molecule has 0 bridgehead atoms. The molecular formula is C15H19FN2O2. The van der Waals surface area contributed by atoms with Gasteiger partial charge < -0.3 is 10.0 Å². The molecule has 0 saturated heterocycles. The number of fused-ring (bicyclic) bond motifs is 1. The minimum Gasteiger partial charge on any atom is -0.393 e. The van der Waals surface area contributed by atoms with Crippen molar-refractivity contribution in [3.63, 3.8) is 0 Å². The second-order valence-corrected chi connectivity index (χ2v) is 6.04. The maximum Gasteiger partial charge on any atom is 0.256 e. The third-order valence-electron chi connectivity index (χ3n) is 4.84. The molecule has 108 valence electrons. The molecule has 2 unspecified atom stereocenters. The zero-order chi connectivity index (χ0) is 14.3. The number of carbonyl (C=O) groups excluding carboxylic acids is 1. The lowest BCUT2D eigenvalue weighted by atomic mass is 10.0. The fraction of sp³-hybridized carbons (Fsp3) is 0.600. The van der Waals surface area contributed by atoms with Crippen molar-refractivity contribution >= 4 is 5.91 Å². The molecule has 0 radical (unpaired) electrons. The molecule has 20 heavy (non-hydrogen) atoms. The maximum absolute atomic E-state index is 13.6. The van der Waals surface area contributed by atoms with E-state index in [0.29, 0.717) is 11.8 Å². The van der Waals surface area contributed by atoms with E-state index in [1.807, 2.05) is 0 Å². The van der Waals surface area contributed by atoms with Crippen molar-refractivity contribution in [2.45, 2.75) is 37.8 Å². The van der Waals surface area contributed by atoms with Gasteiger partial charge in [-0.15, -0.1) is 0 Å². The Morgan fingerprint density at radius 3 is 2.60 bits per heavy atom. The summed E-state index contributed by atoms with van der Waals surface area (Å²) in [6.45, 7) is 0. The van der Waals surface area contributed by atoms with E-state index in [9.17, 15) is 14.3 Å². The zero-order valence-electron chi connectivity index (χ0n) is 11.5. The number of amides is 1. The van der Waals surface area contributed by atoms with Crippen molar-refractivity contribution in [1.82, 2.24) is 9.88 Å². The molecule has 5 heteroatoms. The number of nitrogens with zero attached hydrogens (tertiary/aromatic N) is 2. The highest BCUT2D eigenvalue weighted by molar-refractivity contribution is 5.94. The average molecular weight is 278 g/mol. The summed E-state index contributed by atoms with van der Waals surface area (Å²) >= 11 is 0. The normalized spacial score (nSPS) is 32.1. The smallest absolute Gasteiger partial charge is 0.256 e. The van der Waals surface area contributed by atoms with Crippen LogP contribution in [0.2, 0.25) is 0 Å². The van der Waals surface area contributed by atoms with Crippen LogP contribution in [-0.2, 0) is 0 Å². The van der Waals surface area contributed by atoms with E-state index in [4.69, 9.17) is 0 Å². The summed E-state index contributed by atoms with van der Waals surface area (Å²) in [7, 11) is 1.74. The van der Waals surface area contributed by atoms with Crippen LogP contribution in [-0.4, -0.2) is 40.1 Å².